The van der Waals surface area contributed by atoms with Gasteiger partial charge >= 0.3 is 0 Å². The molecule has 0 spiro atoms. The Balaban J connectivity index is 2.20. The molecule has 8 heteroatoms. The van der Waals surface area contributed by atoms with Crippen molar-refractivity contribution in [2.24, 2.45) is 0 Å². The number of benzene rings is 2. The number of halogens is 2. The first-order valence-corrected chi connectivity index (χ1v) is 6.72. The van der Waals surface area contributed by atoms with Crippen molar-refractivity contribution in [3.05, 3.63) is 57.3 Å². The summed E-state index contributed by atoms with van der Waals surface area (Å²) in [6, 6.07) is 7.05. The van der Waals surface area contributed by atoms with E-state index < -0.39 is 11.4 Å². The summed E-state index contributed by atoms with van der Waals surface area (Å²) in [7, 11) is 0. The molecular weight excluding hydrogens is 323 g/mol. The first-order chi connectivity index (χ1) is 11.0. The fraction of sp³-hybridized carbons (Fsp3) is 0. The van der Waals surface area contributed by atoms with Crippen LogP contribution in [0.1, 0.15) is 5.56 Å². The summed E-state index contributed by atoms with van der Waals surface area (Å²) >= 11 is 6.16. The number of H-pyrrole nitrogens is 1. The SMILES string of the molecule is N#Cc1c(N)ccc(F)c1Oc1ccc2nc[nH]c(=O)c2c1Cl. The number of nitrogens with one attached hydrogen (secondary N) is 1. The van der Waals surface area contributed by atoms with E-state index in [1.54, 1.807) is 6.07 Å². The number of hydrogen-bond donors (Lipinski definition) is 2. The van der Waals surface area contributed by atoms with Crippen LogP contribution < -0.4 is 16.0 Å². The number of anilines is 1. The van der Waals surface area contributed by atoms with Crippen LogP contribution in [0.15, 0.2) is 35.4 Å². The van der Waals surface area contributed by atoms with Crippen molar-refractivity contribution >= 4 is 28.2 Å². The monoisotopic (exact) mass is 330 g/mol. The molecule has 3 N–H and O–H groups in total. The fourth-order valence-corrected chi connectivity index (χ4v) is 2.36. The molecule has 0 aliphatic heterocycles. The maximum atomic E-state index is 14.0. The molecule has 23 heavy (non-hydrogen) atoms. The van der Waals surface area contributed by atoms with Gasteiger partial charge in [-0.2, -0.15) is 5.26 Å². The van der Waals surface area contributed by atoms with Crippen molar-refractivity contribution in [3.8, 4) is 17.6 Å². The van der Waals surface area contributed by atoms with Crippen molar-refractivity contribution in [1.82, 2.24) is 9.97 Å². The summed E-state index contributed by atoms with van der Waals surface area (Å²) < 4.78 is 19.4. The van der Waals surface area contributed by atoms with Gasteiger partial charge in [-0.15, -0.1) is 0 Å². The van der Waals surface area contributed by atoms with Gasteiger partial charge in [-0.3, -0.25) is 4.79 Å². The Morgan fingerprint density at radius 1 is 1.35 bits per heavy atom. The zero-order valence-corrected chi connectivity index (χ0v) is 12.2. The quantitative estimate of drug-likeness (QED) is 0.703. The molecule has 114 valence electrons. The maximum absolute atomic E-state index is 14.0. The summed E-state index contributed by atoms with van der Waals surface area (Å²) in [5.74, 6) is -1.11. The van der Waals surface area contributed by atoms with Gasteiger partial charge < -0.3 is 15.5 Å². The number of hydrogen-bond acceptors (Lipinski definition) is 5. The molecule has 3 rings (SSSR count). The smallest absolute Gasteiger partial charge is 0.260 e. The number of nitriles is 1. The van der Waals surface area contributed by atoms with Gasteiger partial charge in [0.25, 0.3) is 5.56 Å². The number of nitrogens with two attached hydrogens (primary N) is 1. The third-order valence-corrected chi connectivity index (χ3v) is 3.55. The molecule has 0 amide bonds. The van der Waals surface area contributed by atoms with E-state index in [1.165, 1.54) is 24.5 Å². The Hall–Kier alpha value is -3.11. The molecule has 0 saturated heterocycles. The van der Waals surface area contributed by atoms with Crippen LogP contribution in [0, 0.1) is 17.1 Å². The van der Waals surface area contributed by atoms with E-state index >= 15 is 0 Å². The first-order valence-electron chi connectivity index (χ1n) is 6.34. The highest BCUT2D eigenvalue weighted by Gasteiger charge is 2.18. The highest BCUT2D eigenvalue weighted by Crippen LogP contribution is 2.37. The van der Waals surface area contributed by atoms with Crippen molar-refractivity contribution < 1.29 is 9.13 Å². The van der Waals surface area contributed by atoms with Crippen LogP contribution in [0.3, 0.4) is 0 Å². The molecule has 1 heterocycles. The van der Waals surface area contributed by atoms with E-state index in [4.69, 9.17) is 27.3 Å². The maximum Gasteiger partial charge on any atom is 0.260 e. The van der Waals surface area contributed by atoms with Crippen molar-refractivity contribution in [1.29, 1.82) is 5.26 Å². The van der Waals surface area contributed by atoms with Gasteiger partial charge in [0.05, 0.1) is 27.9 Å². The molecule has 0 bridgehead atoms. The number of aromatic amines is 1. The number of rotatable bonds is 2. The van der Waals surface area contributed by atoms with Gasteiger partial charge in [0.15, 0.2) is 11.6 Å². The van der Waals surface area contributed by atoms with E-state index in [1.807, 2.05) is 0 Å². The molecule has 0 unspecified atom stereocenters. The fourth-order valence-electron chi connectivity index (χ4n) is 2.08. The second-order valence-corrected chi connectivity index (χ2v) is 4.94. The second kappa shape index (κ2) is 5.59. The summed E-state index contributed by atoms with van der Waals surface area (Å²) in [4.78, 5) is 18.2. The Labute approximate surface area is 133 Å². The van der Waals surface area contributed by atoms with E-state index in [-0.39, 0.29) is 33.2 Å². The minimum Gasteiger partial charge on any atom is -0.451 e. The molecular formula is C15H8ClFN4O2. The number of nitrogens with zero attached hydrogens (tertiary/aromatic N) is 2. The molecule has 0 aliphatic carbocycles. The Morgan fingerprint density at radius 2 is 2.13 bits per heavy atom. The number of nitrogen functional groups attached to an aromatic ring is 1. The van der Waals surface area contributed by atoms with Gasteiger partial charge in [0, 0.05) is 0 Å². The zero-order chi connectivity index (χ0) is 16.6. The lowest BCUT2D eigenvalue weighted by molar-refractivity contribution is 0.442. The topological polar surface area (TPSA) is 105 Å². The molecule has 0 atom stereocenters. The lowest BCUT2D eigenvalue weighted by atomic mass is 10.1. The van der Waals surface area contributed by atoms with Crippen LogP contribution in [0.25, 0.3) is 10.9 Å². The van der Waals surface area contributed by atoms with E-state index in [0.29, 0.717) is 5.52 Å². The third-order valence-electron chi connectivity index (χ3n) is 3.18. The van der Waals surface area contributed by atoms with Crippen molar-refractivity contribution in [3.63, 3.8) is 0 Å². The Bertz CT molecular complexity index is 1030. The minimum atomic E-state index is -0.771. The van der Waals surface area contributed by atoms with Gasteiger partial charge in [-0.05, 0) is 24.3 Å². The predicted molar refractivity (Wildman–Crippen MR) is 83.0 cm³/mol. The van der Waals surface area contributed by atoms with E-state index in [2.05, 4.69) is 9.97 Å². The van der Waals surface area contributed by atoms with Crippen LogP contribution in [0.5, 0.6) is 11.5 Å². The normalized spacial score (nSPS) is 10.5. The van der Waals surface area contributed by atoms with Crippen LogP contribution >= 0.6 is 11.6 Å². The first kappa shape index (κ1) is 14.8. The molecule has 2 aromatic carbocycles. The van der Waals surface area contributed by atoms with E-state index in [0.717, 1.165) is 6.07 Å². The van der Waals surface area contributed by atoms with Gasteiger partial charge in [-0.25, -0.2) is 9.37 Å². The molecule has 0 saturated carbocycles. The Kier molecular flexibility index (Phi) is 3.60. The average Bonchev–Trinajstić information content (AvgIpc) is 2.53. The molecule has 0 aliphatic rings. The molecule has 0 radical (unpaired) electrons. The lowest BCUT2D eigenvalue weighted by Gasteiger charge is -2.12. The summed E-state index contributed by atoms with van der Waals surface area (Å²) in [5, 5.41) is 9.18. The third kappa shape index (κ3) is 2.45. The average molecular weight is 331 g/mol. The molecule has 6 nitrogen and oxygen atoms in total. The summed E-state index contributed by atoms with van der Waals surface area (Å²) in [6.45, 7) is 0. The molecule has 0 fully saturated rings. The number of ether oxygens (including phenoxy) is 1. The van der Waals surface area contributed by atoms with Crippen molar-refractivity contribution in [2.75, 3.05) is 5.73 Å². The highest BCUT2D eigenvalue weighted by atomic mass is 35.5. The minimum absolute atomic E-state index is 0.0127. The lowest BCUT2D eigenvalue weighted by Crippen LogP contribution is -2.07. The number of fused-ring (bicyclic) bond motifs is 1. The van der Waals surface area contributed by atoms with Gasteiger partial charge in [0.2, 0.25) is 0 Å². The van der Waals surface area contributed by atoms with Crippen LogP contribution in [0.4, 0.5) is 10.1 Å². The van der Waals surface area contributed by atoms with Crippen LogP contribution in [-0.4, -0.2) is 9.97 Å². The van der Waals surface area contributed by atoms with Crippen LogP contribution in [-0.2, 0) is 0 Å². The van der Waals surface area contributed by atoms with Gasteiger partial charge in [-0.1, -0.05) is 11.6 Å². The molecule has 1 aromatic heterocycles. The number of aromatic nitrogens is 2. The Morgan fingerprint density at radius 3 is 2.87 bits per heavy atom. The summed E-state index contributed by atoms with van der Waals surface area (Å²) in [6.07, 6.45) is 1.24. The zero-order valence-electron chi connectivity index (χ0n) is 11.4. The summed E-state index contributed by atoms with van der Waals surface area (Å²) in [5.41, 5.74) is 5.46. The van der Waals surface area contributed by atoms with E-state index in [9.17, 15) is 9.18 Å². The highest BCUT2D eigenvalue weighted by molar-refractivity contribution is 6.36. The largest absolute Gasteiger partial charge is 0.451 e. The second-order valence-electron chi connectivity index (χ2n) is 4.56. The standard InChI is InChI=1S/C15H8ClFN4O2/c16-13-11(4-3-10-12(13)15(22)21-6-20-10)23-14-7(5-18)9(19)2-1-8(14)17/h1-4,6H,19H2,(H,20,21,22). The van der Waals surface area contributed by atoms with Crippen molar-refractivity contribution in [2.45, 2.75) is 0 Å². The predicted octanol–water partition coefficient (Wildman–Crippen LogP) is 2.96. The van der Waals surface area contributed by atoms with Gasteiger partial charge in [0.1, 0.15) is 17.4 Å². The molecule has 3 aromatic rings. The van der Waals surface area contributed by atoms with Crippen LogP contribution in [0.2, 0.25) is 5.02 Å².